The van der Waals surface area contributed by atoms with Crippen molar-refractivity contribution in [2.75, 3.05) is 0 Å². The van der Waals surface area contributed by atoms with Gasteiger partial charge in [0.1, 0.15) is 0 Å². The lowest BCUT2D eigenvalue weighted by atomic mass is 10.3. The highest BCUT2D eigenvalue weighted by molar-refractivity contribution is 5.15. The number of hydrogen-bond acceptors (Lipinski definition) is 0. The molecule has 0 rings (SSSR count). The minimum absolute atomic E-state index is 0.0526. The molecule has 0 aromatic rings. The highest BCUT2D eigenvalue weighted by Gasteiger charge is 1.91. The maximum absolute atomic E-state index is 11.6. The van der Waals surface area contributed by atoms with E-state index in [0.717, 1.165) is 6.42 Å². The predicted molar refractivity (Wildman–Crippen MR) is 34.3 cm³/mol. The highest BCUT2D eigenvalue weighted by Crippen LogP contribution is 2.07. The van der Waals surface area contributed by atoms with Gasteiger partial charge in [-0.05, 0) is 13.3 Å². The van der Waals surface area contributed by atoms with Gasteiger partial charge < -0.3 is 0 Å². The van der Waals surface area contributed by atoms with Gasteiger partial charge in [-0.1, -0.05) is 19.1 Å². The first-order valence-electron chi connectivity index (χ1n) is 2.87. The first kappa shape index (κ1) is 8.34. The van der Waals surface area contributed by atoms with Crippen molar-refractivity contribution in [2.45, 2.75) is 20.3 Å². The molecule has 0 spiro atoms. The SMILES string of the molecule is CCC=CC(C)=C(F)F. The first-order valence-corrected chi connectivity index (χ1v) is 2.87. The van der Waals surface area contributed by atoms with Gasteiger partial charge in [0.15, 0.2) is 0 Å². The zero-order valence-electron chi connectivity index (χ0n) is 5.62. The summed E-state index contributed by atoms with van der Waals surface area (Å²) in [6.07, 6.45) is 2.33. The van der Waals surface area contributed by atoms with E-state index in [1.54, 1.807) is 6.08 Å². The molecule has 0 fully saturated rings. The van der Waals surface area contributed by atoms with Crippen LogP contribution in [-0.2, 0) is 0 Å². The fourth-order valence-corrected chi connectivity index (χ4v) is 0.358. The Kier molecular flexibility index (Phi) is 3.93. The summed E-state index contributed by atoms with van der Waals surface area (Å²) in [5.74, 6) is 0. The zero-order chi connectivity index (χ0) is 7.28. The van der Waals surface area contributed by atoms with E-state index in [4.69, 9.17) is 0 Å². The molecule has 0 atom stereocenters. The second kappa shape index (κ2) is 4.24. The van der Waals surface area contributed by atoms with Gasteiger partial charge in [-0.15, -0.1) is 0 Å². The third kappa shape index (κ3) is 3.88. The van der Waals surface area contributed by atoms with E-state index in [2.05, 4.69) is 0 Å². The van der Waals surface area contributed by atoms with Crippen LogP contribution >= 0.6 is 0 Å². The summed E-state index contributed by atoms with van der Waals surface area (Å²) in [5, 5.41) is 0. The maximum atomic E-state index is 11.6. The van der Waals surface area contributed by atoms with Gasteiger partial charge in [-0.25, -0.2) is 0 Å². The van der Waals surface area contributed by atoms with E-state index in [1.165, 1.54) is 13.0 Å². The summed E-state index contributed by atoms with van der Waals surface area (Å²) in [6, 6.07) is 0. The number of allylic oxidation sites excluding steroid dienone is 3. The largest absolute Gasteiger partial charge is 0.273 e. The molecule has 0 N–H and O–H groups in total. The van der Waals surface area contributed by atoms with Crippen LogP contribution in [-0.4, -0.2) is 0 Å². The molecule has 0 heterocycles. The molecule has 0 aliphatic heterocycles. The van der Waals surface area contributed by atoms with Crippen LogP contribution in [0, 0.1) is 0 Å². The molecule has 0 nitrogen and oxygen atoms in total. The summed E-state index contributed by atoms with van der Waals surface area (Å²) < 4.78 is 23.2. The molecule has 0 aliphatic carbocycles. The second-order valence-electron chi connectivity index (χ2n) is 1.75. The summed E-state index contributed by atoms with van der Waals surface area (Å²) in [5.41, 5.74) is 0.0526. The van der Waals surface area contributed by atoms with Gasteiger partial charge in [0.25, 0.3) is 6.08 Å². The summed E-state index contributed by atoms with van der Waals surface area (Å²) >= 11 is 0. The van der Waals surface area contributed by atoms with Crippen molar-refractivity contribution in [3.05, 3.63) is 23.8 Å². The van der Waals surface area contributed by atoms with Crippen LogP contribution in [0.5, 0.6) is 0 Å². The Morgan fingerprint density at radius 2 is 2.00 bits per heavy atom. The third-order valence-corrected chi connectivity index (χ3v) is 0.902. The molecular formula is C7H10F2. The minimum atomic E-state index is -1.60. The molecule has 0 amide bonds. The van der Waals surface area contributed by atoms with Crippen LogP contribution in [0.3, 0.4) is 0 Å². The number of hydrogen-bond donors (Lipinski definition) is 0. The van der Waals surface area contributed by atoms with Crippen LogP contribution in [0.4, 0.5) is 8.78 Å². The highest BCUT2D eigenvalue weighted by atomic mass is 19.3. The fourth-order valence-electron chi connectivity index (χ4n) is 0.358. The van der Waals surface area contributed by atoms with Gasteiger partial charge in [-0.3, -0.25) is 0 Å². The molecule has 0 bridgehead atoms. The van der Waals surface area contributed by atoms with Crippen molar-refractivity contribution in [3.8, 4) is 0 Å². The molecule has 0 unspecified atom stereocenters. The molecular weight excluding hydrogens is 122 g/mol. The Hall–Kier alpha value is -0.660. The Balaban J connectivity index is 3.91. The lowest BCUT2D eigenvalue weighted by Crippen LogP contribution is -1.68. The van der Waals surface area contributed by atoms with Gasteiger partial charge in [0.2, 0.25) is 0 Å². The number of halogens is 2. The van der Waals surface area contributed by atoms with E-state index >= 15 is 0 Å². The van der Waals surface area contributed by atoms with E-state index in [1.807, 2.05) is 6.92 Å². The fraction of sp³-hybridized carbons (Fsp3) is 0.429. The minimum Gasteiger partial charge on any atom is -0.173 e. The van der Waals surface area contributed by atoms with E-state index in [9.17, 15) is 8.78 Å². The van der Waals surface area contributed by atoms with Crippen molar-refractivity contribution in [1.29, 1.82) is 0 Å². The average Bonchev–Trinajstić information content (AvgIpc) is 1.82. The summed E-state index contributed by atoms with van der Waals surface area (Å²) in [7, 11) is 0. The summed E-state index contributed by atoms with van der Waals surface area (Å²) in [6.45, 7) is 3.29. The molecule has 0 saturated carbocycles. The van der Waals surface area contributed by atoms with Crippen LogP contribution < -0.4 is 0 Å². The standard InChI is InChI=1S/C7H10F2/c1-3-4-5-6(2)7(8)9/h4-5H,3H2,1-2H3. The topological polar surface area (TPSA) is 0 Å². The zero-order valence-corrected chi connectivity index (χ0v) is 5.62. The van der Waals surface area contributed by atoms with Gasteiger partial charge in [0, 0.05) is 5.57 Å². The Bertz CT molecular complexity index is 130. The van der Waals surface area contributed by atoms with Crippen molar-refractivity contribution in [1.82, 2.24) is 0 Å². The Morgan fingerprint density at radius 1 is 1.44 bits per heavy atom. The molecule has 0 saturated heterocycles. The van der Waals surface area contributed by atoms with E-state index in [0.29, 0.717) is 0 Å². The first-order chi connectivity index (χ1) is 4.18. The Labute approximate surface area is 53.9 Å². The second-order valence-corrected chi connectivity index (χ2v) is 1.75. The van der Waals surface area contributed by atoms with Crippen LogP contribution in [0.1, 0.15) is 20.3 Å². The number of rotatable bonds is 2. The van der Waals surface area contributed by atoms with Gasteiger partial charge >= 0.3 is 0 Å². The molecule has 0 aromatic carbocycles. The molecule has 2 heteroatoms. The molecule has 0 aliphatic rings. The third-order valence-electron chi connectivity index (χ3n) is 0.902. The van der Waals surface area contributed by atoms with Crippen molar-refractivity contribution >= 4 is 0 Å². The molecule has 52 valence electrons. The Morgan fingerprint density at radius 3 is 2.33 bits per heavy atom. The monoisotopic (exact) mass is 132 g/mol. The van der Waals surface area contributed by atoms with E-state index < -0.39 is 6.08 Å². The molecule has 9 heavy (non-hydrogen) atoms. The van der Waals surface area contributed by atoms with E-state index in [-0.39, 0.29) is 5.57 Å². The van der Waals surface area contributed by atoms with Crippen LogP contribution in [0.25, 0.3) is 0 Å². The van der Waals surface area contributed by atoms with Crippen molar-refractivity contribution in [3.63, 3.8) is 0 Å². The molecule has 0 radical (unpaired) electrons. The smallest absolute Gasteiger partial charge is 0.173 e. The van der Waals surface area contributed by atoms with Crippen molar-refractivity contribution in [2.24, 2.45) is 0 Å². The predicted octanol–water partition coefficient (Wildman–Crippen LogP) is 3.12. The van der Waals surface area contributed by atoms with Gasteiger partial charge in [0.05, 0.1) is 0 Å². The van der Waals surface area contributed by atoms with Crippen LogP contribution in [0.15, 0.2) is 23.8 Å². The lowest BCUT2D eigenvalue weighted by Gasteiger charge is -1.85. The molecule has 0 aromatic heterocycles. The normalized spacial score (nSPS) is 10.2. The maximum Gasteiger partial charge on any atom is 0.273 e. The quantitative estimate of drug-likeness (QED) is 0.506. The van der Waals surface area contributed by atoms with Crippen molar-refractivity contribution < 1.29 is 8.78 Å². The average molecular weight is 132 g/mol. The van der Waals surface area contributed by atoms with Gasteiger partial charge in [-0.2, -0.15) is 8.78 Å². The lowest BCUT2D eigenvalue weighted by molar-refractivity contribution is 0.414. The van der Waals surface area contributed by atoms with Crippen LogP contribution in [0.2, 0.25) is 0 Å². The summed E-state index contributed by atoms with van der Waals surface area (Å²) in [4.78, 5) is 0.